The van der Waals surface area contributed by atoms with E-state index in [-0.39, 0.29) is 12.7 Å². The van der Waals surface area contributed by atoms with Gasteiger partial charge in [0.1, 0.15) is 4.32 Å². The van der Waals surface area contributed by atoms with Crippen LogP contribution < -0.4 is 9.47 Å². The quantitative estimate of drug-likeness (QED) is 0.463. The number of thioether (sulfide) groups is 1. The van der Waals surface area contributed by atoms with Crippen LogP contribution in [0.15, 0.2) is 41.3 Å². The van der Waals surface area contributed by atoms with E-state index in [1.807, 2.05) is 18.2 Å². The van der Waals surface area contributed by atoms with Crippen molar-refractivity contribution >= 4 is 34.2 Å². The van der Waals surface area contributed by atoms with Gasteiger partial charge in [0, 0.05) is 0 Å². The number of thiocarbonyl (C=S) groups is 1. The molecule has 1 atom stereocenters. The standard InChI is InChI=1S/C18H17NO3S2/c20-17-16(9-12-4-2-1-3-5-12)24-18(23)19(17)10-13-6-7-14-15(8-13)22-11-21-14/h1-2,6-9,12H,3-5,10-11H2/b16-9-/t12-/m1/s1. The predicted molar refractivity (Wildman–Crippen MR) is 97.9 cm³/mol. The zero-order valence-corrected chi connectivity index (χ0v) is 14.7. The first kappa shape index (κ1) is 15.7. The van der Waals surface area contributed by atoms with E-state index in [0.29, 0.717) is 16.8 Å². The lowest BCUT2D eigenvalue weighted by atomic mass is 9.94. The lowest BCUT2D eigenvalue weighted by Gasteiger charge is -2.15. The Morgan fingerprint density at radius 2 is 2.17 bits per heavy atom. The maximum Gasteiger partial charge on any atom is 0.266 e. The first-order valence-corrected chi connectivity index (χ1v) is 9.22. The molecular formula is C18H17NO3S2. The number of benzene rings is 1. The molecule has 1 fully saturated rings. The van der Waals surface area contributed by atoms with Crippen molar-refractivity contribution in [1.82, 2.24) is 4.90 Å². The third-order valence-corrected chi connectivity index (χ3v) is 5.74. The van der Waals surface area contributed by atoms with Crippen molar-refractivity contribution in [2.24, 2.45) is 5.92 Å². The molecule has 6 heteroatoms. The number of carbonyl (C=O) groups is 1. The molecule has 1 aromatic rings. The fourth-order valence-electron chi connectivity index (χ4n) is 3.05. The summed E-state index contributed by atoms with van der Waals surface area (Å²) in [6, 6.07) is 5.73. The van der Waals surface area contributed by atoms with Crippen LogP contribution in [0.25, 0.3) is 0 Å². The molecule has 0 N–H and O–H groups in total. The van der Waals surface area contributed by atoms with Gasteiger partial charge in [0.15, 0.2) is 11.5 Å². The van der Waals surface area contributed by atoms with E-state index in [1.165, 1.54) is 11.8 Å². The molecule has 0 spiro atoms. The van der Waals surface area contributed by atoms with Gasteiger partial charge in [0.25, 0.3) is 5.91 Å². The van der Waals surface area contributed by atoms with Gasteiger partial charge in [-0.3, -0.25) is 9.69 Å². The van der Waals surface area contributed by atoms with Gasteiger partial charge in [-0.2, -0.15) is 0 Å². The maximum absolute atomic E-state index is 12.7. The van der Waals surface area contributed by atoms with Gasteiger partial charge >= 0.3 is 0 Å². The Labute approximate surface area is 150 Å². The molecule has 1 aromatic carbocycles. The lowest BCUT2D eigenvalue weighted by molar-refractivity contribution is -0.122. The van der Waals surface area contributed by atoms with Gasteiger partial charge in [-0.1, -0.05) is 48.3 Å². The second-order valence-corrected chi connectivity index (χ2v) is 7.70. The number of hydrogen-bond acceptors (Lipinski definition) is 5. The number of rotatable bonds is 3. The van der Waals surface area contributed by atoms with Gasteiger partial charge in [0.05, 0.1) is 11.4 Å². The van der Waals surface area contributed by atoms with Crippen LogP contribution in [0, 0.1) is 5.92 Å². The summed E-state index contributed by atoms with van der Waals surface area (Å²) in [7, 11) is 0. The van der Waals surface area contributed by atoms with Gasteiger partial charge in [-0.25, -0.2) is 0 Å². The highest BCUT2D eigenvalue weighted by atomic mass is 32.2. The molecule has 0 aromatic heterocycles. The van der Waals surface area contributed by atoms with Crippen LogP contribution in [0.5, 0.6) is 11.5 Å². The molecule has 2 heterocycles. The molecule has 1 saturated heterocycles. The molecule has 0 radical (unpaired) electrons. The van der Waals surface area contributed by atoms with E-state index < -0.39 is 0 Å². The van der Waals surface area contributed by atoms with E-state index in [4.69, 9.17) is 21.7 Å². The SMILES string of the molecule is O=C1/C(=C/[C@@H]2CC=CCC2)SC(=S)N1Cc1ccc2c(c1)OCO2. The van der Waals surface area contributed by atoms with Crippen molar-refractivity contribution in [3.63, 3.8) is 0 Å². The first-order chi connectivity index (χ1) is 11.7. The van der Waals surface area contributed by atoms with Crippen molar-refractivity contribution in [1.29, 1.82) is 0 Å². The van der Waals surface area contributed by atoms with E-state index >= 15 is 0 Å². The highest BCUT2D eigenvalue weighted by Crippen LogP contribution is 2.37. The van der Waals surface area contributed by atoms with E-state index in [0.717, 1.165) is 41.2 Å². The monoisotopic (exact) mass is 359 g/mol. The highest BCUT2D eigenvalue weighted by molar-refractivity contribution is 8.26. The second kappa shape index (κ2) is 6.61. The summed E-state index contributed by atoms with van der Waals surface area (Å²) < 4.78 is 11.3. The molecular weight excluding hydrogens is 342 g/mol. The number of carbonyl (C=O) groups excluding carboxylic acids is 1. The normalized spacial score (nSPS) is 24.2. The molecule has 0 unspecified atom stereocenters. The van der Waals surface area contributed by atoms with E-state index in [2.05, 4.69) is 18.2 Å². The predicted octanol–water partition coefficient (Wildman–Crippen LogP) is 4.02. The average molecular weight is 359 g/mol. The third kappa shape index (κ3) is 3.08. The van der Waals surface area contributed by atoms with Crippen LogP contribution in [-0.4, -0.2) is 21.9 Å². The summed E-state index contributed by atoms with van der Waals surface area (Å²) >= 11 is 6.83. The minimum atomic E-state index is 0.0113. The number of allylic oxidation sites excluding steroid dienone is 3. The fourth-order valence-corrected chi connectivity index (χ4v) is 4.38. The number of nitrogens with zero attached hydrogens (tertiary/aromatic N) is 1. The summed E-state index contributed by atoms with van der Waals surface area (Å²) in [5.41, 5.74) is 0.984. The molecule has 1 aliphatic carbocycles. The Morgan fingerprint density at radius 1 is 1.29 bits per heavy atom. The van der Waals surface area contributed by atoms with Crippen LogP contribution in [0.1, 0.15) is 24.8 Å². The van der Waals surface area contributed by atoms with Crippen molar-refractivity contribution < 1.29 is 14.3 Å². The van der Waals surface area contributed by atoms with Crippen molar-refractivity contribution in [3.8, 4) is 11.5 Å². The number of fused-ring (bicyclic) bond motifs is 1. The molecule has 2 aliphatic heterocycles. The molecule has 3 aliphatic rings. The maximum atomic E-state index is 12.7. The van der Waals surface area contributed by atoms with Crippen molar-refractivity contribution in [2.75, 3.05) is 6.79 Å². The minimum absolute atomic E-state index is 0.0113. The first-order valence-electron chi connectivity index (χ1n) is 8.00. The van der Waals surface area contributed by atoms with E-state index in [9.17, 15) is 4.79 Å². The molecule has 4 nitrogen and oxygen atoms in total. The second-order valence-electron chi connectivity index (χ2n) is 6.02. The Hall–Kier alpha value is -1.79. The van der Waals surface area contributed by atoms with Crippen molar-refractivity contribution in [3.05, 3.63) is 46.9 Å². The van der Waals surface area contributed by atoms with Gasteiger partial charge < -0.3 is 9.47 Å². The summed E-state index contributed by atoms with van der Waals surface area (Å²) in [6.45, 7) is 0.710. The van der Waals surface area contributed by atoms with Crippen LogP contribution in [0.2, 0.25) is 0 Å². The van der Waals surface area contributed by atoms with Crippen LogP contribution in [-0.2, 0) is 11.3 Å². The van der Waals surface area contributed by atoms with Crippen LogP contribution in [0.4, 0.5) is 0 Å². The molecule has 24 heavy (non-hydrogen) atoms. The molecule has 0 bridgehead atoms. The van der Waals surface area contributed by atoms with Crippen molar-refractivity contribution in [2.45, 2.75) is 25.8 Å². The van der Waals surface area contributed by atoms with Crippen LogP contribution in [0.3, 0.4) is 0 Å². The number of ether oxygens (including phenoxy) is 2. The largest absolute Gasteiger partial charge is 0.454 e. The molecule has 1 amide bonds. The van der Waals surface area contributed by atoms with Gasteiger partial charge in [-0.15, -0.1) is 0 Å². The topological polar surface area (TPSA) is 38.8 Å². The Kier molecular flexibility index (Phi) is 4.33. The molecule has 4 rings (SSSR count). The summed E-state index contributed by atoms with van der Waals surface area (Å²) in [6.07, 6.45) is 9.68. The Bertz CT molecular complexity index is 757. The molecule has 124 valence electrons. The highest BCUT2D eigenvalue weighted by Gasteiger charge is 2.32. The zero-order valence-electron chi connectivity index (χ0n) is 13.1. The number of hydrogen-bond donors (Lipinski definition) is 0. The summed E-state index contributed by atoms with van der Waals surface area (Å²) in [5.74, 6) is 1.92. The van der Waals surface area contributed by atoms with Crippen LogP contribution >= 0.6 is 24.0 Å². The average Bonchev–Trinajstić information content (AvgIpc) is 3.16. The Morgan fingerprint density at radius 3 is 3.00 bits per heavy atom. The van der Waals surface area contributed by atoms with E-state index in [1.54, 1.807) is 4.90 Å². The third-order valence-electron chi connectivity index (χ3n) is 4.35. The summed E-state index contributed by atoms with van der Waals surface area (Å²) in [5, 5.41) is 0. The minimum Gasteiger partial charge on any atom is -0.454 e. The van der Waals surface area contributed by atoms with Gasteiger partial charge in [0.2, 0.25) is 6.79 Å². The lowest BCUT2D eigenvalue weighted by Crippen LogP contribution is -2.27. The zero-order chi connectivity index (χ0) is 16.5. The van der Waals surface area contributed by atoms with Gasteiger partial charge in [-0.05, 0) is 42.9 Å². The fraction of sp³-hybridized carbons (Fsp3) is 0.333. The Balaban J connectivity index is 1.49. The smallest absolute Gasteiger partial charge is 0.266 e. The molecule has 0 saturated carbocycles. The summed E-state index contributed by atoms with van der Waals surface area (Å²) in [4.78, 5) is 15.1. The number of amides is 1.